The summed E-state index contributed by atoms with van der Waals surface area (Å²) < 4.78 is 0. The van der Waals surface area contributed by atoms with E-state index in [1.54, 1.807) is 6.08 Å². The third-order valence-electron chi connectivity index (χ3n) is 2.75. The number of carbonyl (C=O) groups is 1. The summed E-state index contributed by atoms with van der Waals surface area (Å²) in [5.74, 6) is 0.258. The Bertz CT molecular complexity index is 655. The van der Waals surface area contributed by atoms with Crippen LogP contribution in [0.2, 0.25) is 5.02 Å². The van der Waals surface area contributed by atoms with Crippen molar-refractivity contribution in [1.29, 1.82) is 0 Å². The lowest BCUT2D eigenvalue weighted by Gasteiger charge is -2.09. The highest BCUT2D eigenvalue weighted by Gasteiger charge is 2.07. The average Bonchev–Trinajstić information content (AvgIpc) is 2.49. The van der Waals surface area contributed by atoms with Crippen LogP contribution in [0.5, 0.6) is 0 Å². The Balaban J connectivity index is 2.10. The van der Waals surface area contributed by atoms with Gasteiger partial charge in [-0.25, -0.2) is 9.97 Å². The molecule has 0 atom stereocenters. The number of nitrogens with one attached hydrogen (secondary N) is 2. The van der Waals surface area contributed by atoms with Crippen molar-refractivity contribution in [3.8, 4) is 0 Å². The van der Waals surface area contributed by atoms with Crippen molar-refractivity contribution in [3.05, 3.63) is 59.5 Å². The summed E-state index contributed by atoms with van der Waals surface area (Å²) in [7, 11) is 0. The lowest BCUT2D eigenvalue weighted by molar-refractivity contribution is 0.0952. The number of hydrogen-bond acceptors (Lipinski definition) is 4. The maximum Gasteiger partial charge on any atom is 0.271 e. The van der Waals surface area contributed by atoms with Crippen LogP contribution >= 0.6 is 11.6 Å². The highest BCUT2D eigenvalue weighted by atomic mass is 35.5. The highest BCUT2D eigenvalue weighted by molar-refractivity contribution is 6.30. The smallest absolute Gasteiger partial charge is 0.271 e. The maximum atomic E-state index is 11.7. The van der Waals surface area contributed by atoms with E-state index in [0.717, 1.165) is 11.3 Å². The molecule has 0 aliphatic rings. The first-order chi connectivity index (χ1) is 10.1. The molecular weight excluding hydrogens is 288 g/mol. The molecule has 1 amide bonds. The fourth-order valence-electron chi connectivity index (χ4n) is 1.63. The van der Waals surface area contributed by atoms with E-state index in [9.17, 15) is 4.79 Å². The second kappa shape index (κ2) is 6.85. The molecule has 0 saturated carbocycles. The van der Waals surface area contributed by atoms with Gasteiger partial charge in [-0.3, -0.25) is 4.79 Å². The maximum absolute atomic E-state index is 11.7. The molecule has 0 saturated heterocycles. The quantitative estimate of drug-likeness (QED) is 0.833. The van der Waals surface area contributed by atoms with E-state index in [0.29, 0.717) is 17.4 Å². The Hall–Kier alpha value is -2.40. The molecule has 0 unspecified atom stereocenters. The minimum absolute atomic E-state index is 0.255. The Morgan fingerprint density at radius 2 is 2.19 bits per heavy atom. The normalized spacial score (nSPS) is 10.0. The summed E-state index contributed by atoms with van der Waals surface area (Å²) in [4.78, 5) is 19.9. The van der Waals surface area contributed by atoms with Crippen LogP contribution in [0.25, 0.3) is 0 Å². The fraction of sp³-hybridized carbons (Fsp3) is 0.133. The first kappa shape index (κ1) is 15.0. The average molecular weight is 303 g/mol. The number of aryl methyl sites for hydroxylation is 1. The molecule has 0 aliphatic heterocycles. The number of hydrogen-bond donors (Lipinski definition) is 2. The standard InChI is InChI=1S/C15H15ClN4O/c1-3-6-17-15(21)13-8-19-14(9-18-13)20-12-7-11(16)5-4-10(12)2/h3-5,7-9H,1,6H2,2H3,(H,17,21)(H,19,20). The zero-order chi connectivity index (χ0) is 15.2. The Morgan fingerprint density at radius 3 is 2.86 bits per heavy atom. The third-order valence-corrected chi connectivity index (χ3v) is 2.99. The lowest BCUT2D eigenvalue weighted by Crippen LogP contribution is -2.24. The van der Waals surface area contributed by atoms with Gasteiger partial charge in [0.15, 0.2) is 0 Å². The molecule has 0 bridgehead atoms. The van der Waals surface area contributed by atoms with Crippen LogP contribution in [0.15, 0.2) is 43.2 Å². The summed E-state index contributed by atoms with van der Waals surface area (Å²) in [5, 5.41) is 6.39. The monoisotopic (exact) mass is 302 g/mol. The highest BCUT2D eigenvalue weighted by Crippen LogP contribution is 2.22. The van der Waals surface area contributed by atoms with E-state index in [-0.39, 0.29) is 11.6 Å². The van der Waals surface area contributed by atoms with Crippen molar-refractivity contribution >= 4 is 29.0 Å². The molecule has 2 N–H and O–H groups in total. The molecule has 108 valence electrons. The zero-order valence-electron chi connectivity index (χ0n) is 11.6. The van der Waals surface area contributed by atoms with Crippen molar-refractivity contribution in [2.45, 2.75) is 6.92 Å². The number of nitrogens with zero attached hydrogens (tertiary/aromatic N) is 2. The van der Waals surface area contributed by atoms with Gasteiger partial charge in [0.25, 0.3) is 5.91 Å². The van der Waals surface area contributed by atoms with Gasteiger partial charge in [0, 0.05) is 17.3 Å². The van der Waals surface area contributed by atoms with Gasteiger partial charge in [-0.15, -0.1) is 6.58 Å². The number of aromatic nitrogens is 2. The van der Waals surface area contributed by atoms with Gasteiger partial charge in [0.1, 0.15) is 11.5 Å². The van der Waals surface area contributed by atoms with E-state index in [4.69, 9.17) is 11.6 Å². The first-order valence-corrected chi connectivity index (χ1v) is 6.72. The molecule has 21 heavy (non-hydrogen) atoms. The van der Waals surface area contributed by atoms with Gasteiger partial charge in [0.2, 0.25) is 0 Å². The number of carbonyl (C=O) groups excluding carboxylic acids is 1. The van der Waals surface area contributed by atoms with Crippen LogP contribution in [0.3, 0.4) is 0 Å². The molecule has 5 nitrogen and oxygen atoms in total. The number of benzene rings is 1. The largest absolute Gasteiger partial charge is 0.347 e. The predicted molar refractivity (Wildman–Crippen MR) is 84.0 cm³/mol. The molecule has 0 radical (unpaired) electrons. The topological polar surface area (TPSA) is 66.9 Å². The van der Waals surface area contributed by atoms with E-state index in [1.807, 2.05) is 25.1 Å². The van der Waals surface area contributed by atoms with Gasteiger partial charge in [-0.05, 0) is 24.6 Å². The van der Waals surface area contributed by atoms with Gasteiger partial charge >= 0.3 is 0 Å². The van der Waals surface area contributed by atoms with Gasteiger partial charge in [-0.1, -0.05) is 23.7 Å². The molecule has 0 spiro atoms. The summed E-state index contributed by atoms with van der Waals surface area (Å²) in [5.41, 5.74) is 2.14. The molecule has 0 aliphatic carbocycles. The predicted octanol–water partition coefficient (Wildman–Crippen LogP) is 3.10. The van der Waals surface area contributed by atoms with E-state index >= 15 is 0 Å². The van der Waals surface area contributed by atoms with Gasteiger partial charge in [-0.2, -0.15) is 0 Å². The number of halogens is 1. The molecule has 2 aromatic rings. The summed E-state index contributed by atoms with van der Waals surface area (Å²) in [6.45, 7) is 5.88. The molecule has 1 aromatic carbocycles. The van der Waals surface area contributed by atoms with Crippen LogP contribution in [-0.2, 0) is 0 Å². The van der Waals surface area contributed by atoms with Gasteiger partial charge in [0.05, 0.1) is 12.4 Å². The second-order valence-corrected chi connectivity index (χ2v) is 4.81. The summed E-state index contributed by atoms with van der Waals surface area (Å²) >= 11 is 5.96. The van der Waals surface area contributed by atoms with Crippen molar-refractivity contribution in [1.82, 2.24) is 15.3 Å². The zero-order valence-corrected chi connectivity index (χ0v) is 12.3. The molecule has 1 aromatic heterocycles. The Labute approximate surface area is 128 Å². The molecule has 6 heteroatoms. The summed E-state index contributed by atoms with van der Waals surface area (Å²) in [6, 6.07) is 5.54. The van der Waals surface area contributed by atoms with Crippen molar-refractivity contribution in [2.75, 3.05) is 11.9 Å². The third kappa shape index (κ3) is 4.03. The number of rotatable bonds is 5. The van der Waals surface area contributed by atoms with Crippen LogP contribution < -0.4 is 10.6 Å². The van der Waals surface area contributed by atoms with E-state index in [1.165, 1.54) is 12.4 Å². The van der Waals surface area contributed by atoms with E-state index < -0.39 is 0 Å². The minimum Gasteiger partial charge on any atom is -0.347 e. The van der Waals surface area contributed by atoms with Crippen molar-refractivity contribution in [2.24, 2.45) is 0 Å². The van der Waals surface area contributed by atoms with E-state index in [2.05, 4.69) is 27.2 Å². The molecule has 0 fully saturated rings. The van der Waals surface area contributed by atoms with Crippen LogP contribution in [0, 0.1) is 6.92 Å². The van der Waals surface area contributed by atoms with Crippen molar-refractivity contribution < 1.29 is 4.79 Å². The number of anilines is 2. The molecule has 1 heterocycles. The Morgan fingerprint density at radius 1 is 1.38 bits per heavy atom. The Kier molecular flexibility index (Phi) is 4.90. The van der Waals surface area contributed by atoms with Crippen molar-refractivity contribution in [3.63, 3.8) is 0 Å². The second-order valence-electron chi connectivity index (χ2n) is 4.37. The lowest BCUT2D eigenvalue weighted by atomic mass is 10.2. The minimum atomic E-state index is -0.284. The summed E-state index contributed by atoms with van der Waals surface area (Å²) in [6.07, 6.45) is 4.52. The van der Waals surface area contributed by atoms with Gasteiger partial charge < -0.3 is 10.6 Å². The SMILES string of the molecule is C=CCNC(=O)c1cnc(Nc2cc(Cl)ccc2C)cn1. The van der Waals surface area contributed by atoms with Crippen LogP contribution in [-0.4, -0.2) is 22.4 Å². The fourth-order valence-corrected chi connectivity index (χ4v) is 1.80. The number of amides is 1. The first-order valence-electron chi connectivity index (χ1n) is 6.34. The molecular formula is C15H15ClN4O. The van der Waals surface area contributed by atoms with Crippen LogP contribution in [0.1, 0.15) is 16.1 Å². The van der Waals surface area contributed by atoms with Crippen LogP contribution in [0.4, 0.5) is 11.5 Å². The molecule has 2 rings (SSSR count).